The van der Waals surface area contributed by atoms with Crippen molar-refractivity contribution in [3.63, 3.8) is 0 Å². The monoisotopic (exact) mass is 340 g/mol. The summed E-state index contributed by atoms with van der Waals surface area (Å²) < 4.78 is 0. The van der Waals surface area contributed by atoms with Gasteiger partial charge in [0.15, 0.2) is 5.78 Å². The van der Waals surface area contributed by atoms with E-state index in [1.165, 1.54) is 18.2 Å². The zero-order valence-electron chi connectivity index (χ0n) is 10.8. The minimum atomic E-state index is -0.264. The van der Waals surface area contributed by atoms with Crippen LogP contribution in [0.4, 0.5) is 5.69 Å². The maximum Gasteiger partial charge on any atom is 0.190 e. The molecule has 0 radical (unpaired) electrons. The minimum absolute atomic E-state index is 0.0818. The van der Waals surface area contributed by atoms with Gasteiger partial charge in [0.2, 0.25) is 0 Å². The number of hydrogen-bond acceptors (Lipinski definition) is 3. The van der Waals surface area contributed by atoms with Crippen molar-refractivity contribution in [2.45, 2.75) is 5.88 Å². The lowest BCUT2D eigenvalue weighted by Crippen LogP contribution is -1.99. The highest BCUT2D eigenvalue weighted by Gasteiger charge is 2.09. The van der Waals surface area contributed by atoms with Crippen LogP contribution in [0.25, 0.3) is 0 Å². The number of hydrogen-bond donors (Lipinski definition) is 1. The molecular weight excluding hydrogens is 331 g/mol. The number of alkyl halides is 1. The molecule has 0 spiro atoms. The van der Waals surface area contributed by atoms with Gasteiger partial charge in [0, 0.05) is 23.8 Å². The zero-order valence-corrected chi connectivity index (χ0v) is 13.1. The molecule has 0 unspecified atom stereocenters. The lowest BCUT2D eigenvalue weighted by Gasteiger charge is -2.05. The van der Waals surface area contributed by atoms with Crippen molar-refractivity contribution in [2.75, 3.05) is 5.32 Å². The van der Waals surface area contributed by atoms with E-state index in [-0.39, 0.29) is 16.1 Å². The van der Waals surface area contributed by atoms with E-state index >= 15 is 0 Å². The number of benzene rings is 1. The van der Waals surface area contributed by atoms with Gasteiger partial charge >= 0.3 is 0 Å². The molecule has 0 saturated heterocycles. The van der Waals surface area contributed by atoms with Crippen molar-refractivity contribution in [3.8, 4) is 0 Å². The molecule has 1 aromatic heterocycles. The maximum atomic E-state index is 12.0. The summed E-state index contributed by atoms with van der Waals surface area (Å²) in [5, 5.41) is 3.35. The Bertz CT molecular complexity index is 686. The summed E-state index contributed by atoms with van der Waals surface area (Å²) in [6, 6.07) is 10.6. The normalized spacial score (nSPS) is 10.8. The van der Waals surface area contributed by atoms with Gasteiger partial charge in [-0.1, -0.05) is 41.4 Å². The van der Waals surface area contributed by atoms with E-state index in [1.54, 1.807) is 6.20 Å². The Morgan fingerprint density at radius 1 is 1.19 bits per heavy atom. The van der Waals surface area contributed by atoms with Crippen molar-refractivity contribution in [1.29, 1.82) is 0 Å². The summed E-state index contributed by atoms with van der Waals surface area (Å²) in [4.78, 5) is 15.8. The van der Waals surface area contributed by atoms with Crippen LogP contribution in [-0.4, -0.2) is 10.8 Å². The van der Waals surface area contributed by atoms with E-state index in [0.29, 0.717) is 11.4 Å². The van der Waals surface area contributed by atoms with Crippen LogP contribution >= 0.6 is 34.8 Å². The van der Waals surface area contributed by atoms with Crippen molar-refractivity contribution in [1.82, 2.24) is 4.98 Å². The van der Waals surface area contributed by atoms with Gasteiger partial charge in [-0.25, -0.2) is 4.98 Å². The van der Waals surface area contributed by atoms with Crippen molar-refractivity contribution in [2.24, 2.45) is 0 Å². The predicted octanol–water partition coefficient (Wildman–Crippen LogP) is 4.94. The second-order valence-corrected chi connectivity index (χ2v) is 5.12. The summed E-state index contributed by atoms with van der Waals surface area (Å²) in [7, 11) is 0. The molecule has 21 heavy (non-hydrogen) atoms. The number of allylic oxidation sites excluding steroid dienone is 1. The zero-order chi connectivity index (χ0) is 15.2. The van der Waals surface area contributed by atoms with E-state index in [0.717, 1.165) is 11.3 Å². The molecule has 0 atom stereocenters. The largest absolute Gasteiger partial charge is 0.361 e. The number of aromatic nitrogens is 1. The molecule has 0 aliphatic rings. The molecule has 0 aliphatic heterocycles. The Hall–Kier alpha value is -1.55. The van der Waals surface area contributed by atoms with Gasteiger partial charge in [-0.2, -0.15) is 0 Å². The number of pyridine rings is 1. The second kappa shape index (κ2) is 7.46. The molecule has 1 heterocycles. The maximum absolute atomic E-state index is 12.0. The van der Waals surface area contributed by atoms with Crippen LogP contribution in [0.2, 0.25) is 10.3 Å². The van der Waals surface area contributed by atoms with Gasteiger partial charge in [-0.15, -0.1) is 11.6 Å². The van der Waals surface area contributed by atoms with E-state index in [2.05, 4.69) is 10.3 Å². The Balaban J connectivity index is 2.09. The van der Waals surface area contributed by atoms with E-state index in [4.69, 9.17) is 34.8 Å². The molecule has 0 fully saturated rings. The highest BCUT2D eigenvalue weighted by atomic mass is 35.5. The number of nitrogens with zero attached hydrogens (tertiary/aromatic N) is 1. The quantitative estimate of drug-likeness (QED) is 0.363. The van der Waals surface area contributed by atoms with Crippen molar-refractivity contribution < 1.29 is 4.79 Å². The molecule has 0 amide bonds. The molecule has 108 valence electrons. The summed E-state index contributed by atoms with van der Waals surface area (Å²) in [5.74, 6) is 0.123. The molecule has 2 rings (SSSR count). The molecule has 2 aromatic rings. The van der Waals surface area contributed by atoms with Crippen molar-refractivity contribution >= 4 is 46.3 Å². The molecule has 0 saturated carbocycles. The number of halogens is 3. The average Bonchev–Trinajstić information content (AvgIpc) is 2.47. The molecule has 0 bridgehead atoms. The fourth-order valence-corrected chi connectivity index (χ4v) is 2.34. The Morgan fingerprint density at radius 2 is 1.95 bits per heavy atom. The SMILES string of the molecule is O=C(C=CNc1ccccc1CCl)c1ccc(Cl)nc1Cl. The lowest BCUT2D eigenvalue weighted by molar-refractivity contribution is 0.104. The van der Waals surface area contributed by atoms with Crippen LogP contribution in [0.5, 0.6) is 0 Å². The number of rotatable bonds is 5. The van der Waals surface area contributed by atoms with Crippen LogP contribution in [-0.2, 0) is 5.88 Å². The van der Waals surface area contributed by atoms with E-state index in [9.17, 15) is 4.79 Å². The highest BCUT2D eigenvalue weighted by Crippen LogP contribution is 2.19. The Labute approximate surface area is 137 Å². The standard InChI is InChI=1S/C15H11Cl3N2O/c16-9-10-3-1-2-4-12(10)19-8-7-13(21)11-5-6-14(17)20-15(11)18/h1-8,19H,9H2. The number of para-hydroxylation sites is 1. The molecule has 1 aromatic carbocycles. The van der Waals surface area contributed by atoms with Crippen LogP contribution < -0.4 is 5.32 Å². The first kappa shape index (κ1) is 15.8. The lowest BCUT2D eigenvalue weighted by atomic mass is 10.2. The van der Waals surface area contributed by atoms with Crippen LogP contribution in [0, 0.1) is 0 Å². The van der Waals surface area contributed by atoms with Crippen LogP contribution in [0.3, 0.4) is 0 Å². The third-order valence-electron chi connectivity index (χ3n) is 2.72. The number of nitrogens with one attached hydrogen (secondary N) is 1. The Morgan fingerprint density at radius 3 is 2.67 bits per heavy atom. The van der Waals surface area contributed by atoms with Crippen LogP contribution in [0.15, 0.2) is 48.7 Å². The first-order valence-electron chi connectivity index (χ1n) is 6.05. The van der Waals surface area contributed by atoms with Gasteiger partial charge in [0.05, 0.1) is 5.56 Å². The van der Waals surface area contributed by atoms with Gasteiger partial charge < -0.3 is 5.32 Å². The third kappa shape index (κ3) is 4.21. The number of anilines is 1. The summed E-state index contributed by atoms with van der Waals surface area (Å²) >= 11 is 17.4. The molecule has 3 nitrogen and oxygen atoms in total. The minimum Gasteiger partial charge on any atom is -0.361 e. The number of carbonyl (C=O) groups is 1. The topological polar surface area (TPSA) is 42.0 Å². The Kier molecular flexibility index (Phi) is 5.62. The number of carbonyl (C=O) groups excluding carboxylic acids is 1. The fraction of sp³-hybridized carbons (Fsp3) is 0.0667. The van der Waals surface area contributed by atoms with E-state index < -0.39 is 0 Å². The summed E-state index contributed by atoms with van der Waals surface area (Å²) in [5.41, 5.74) is 2.09. The number of ketones is 1. The average molecular weight is 342 g/mol. The fourth-order valence-electron chi connectivity index (χ4n) is 1.67. The second-order valence-electron chi connectivity index (χ2n) is 4.11. The van der Waals surface area contributed by atoms with Gasteiger partial charge in [0.25, 0.3) is 0 Å². The molecular formula is C15H11Cl3N2O. The van der Waals surface area contributed by atoms with Gasteiger partial charge in [-0.05, 0) is 23.8 Å². The third-order valence-corrected chi connectivity index (χ3v) is 3.50. The molecule has 6 heteroatoms. The first-order chi connectivity index (χ1) is 10.1. The molecule has 1 N–H and O–H groups in total. The summed E-state index contributed by atoms with van der Waals surface area (Å²) in [6.45, 7) is 0. The van der Waals surface area contributed by atoms with Crippen LogP contribution in [0.1, 0.15) is 15.9 Å². The smallest absolute Gasteiger partial charge is 0.190 e. The van der Waals surface area contributed by atoms with Gasteiger partial charge in [-0.3, -0.25) is 4.79 Å². The molecule has 0 aliphatic carbocycles. The first-order valence-corrected chi connectivity index (χ1v) is 7.34. The van der Waals surface area contributed by atoms with Crippen molar-refractivity contribution in [3.05, 3.63) is 70.1 Å². The van der Waals surface area contributed by atoms with Gasteiger partial charge in [0.1, 0.15) is 10.3 Å². The summed E-state index contributed by atoms with van der Waals surface area (Å²) in [6.07, 6.45) is 2.92. The predicted molar refractivity (Wildman–Crippen MR) is 87.3 cm³/mol. The van der Waals surface area contributed by atoms with E-state index in [1.807, 2.05) is 24.3 Å². The highest BCUT2D eigenvalue weighted by molar-refractivity contribution is 6.35.